The molecule has 0 fully saturated rings. The molecule has 102 valence electrons. The minimum absolute atomic E-state index is 0.409. The van der Waals surface area contributed by atoms with Crippen molar-refractivity contribution in [3.8, 4) is 0 Å². The van der Waals surface area contributed by atoms with Gasteiger partial charge in [-0.3, -0.25) is 9.59 Å². The molecule has 0 bridgehead atoms. The number of hydrogen-bond donors (Lipinski definition) is 0. The zero-order valence-corrected chi connectivity index (χ0v) is 11.9. The molecule has 2 rings (SSSR count). The molecule has 1 aliphatic rings. The molecule has 1 atom stereocenters. The lowest BCUT2D eigenvalue weighted by molar-refractivity contribution is -0.114. The molecule has 1 aromatic rings. The number of ketones is 1. The fraction of sp³-hybridized carbons (Fsp3) is 0.467. The standard InChI is InChI=1S/C15H20N2O2/c1-5-6-10(2)16(3)11-7-8-12-13(9-11)17(4)15(19)14(12)18/h7-10H,5-6H2,1-4H3. The number of amides is 1. The Kier molecular flexibility index (Phi) is 3.60. The largest absolute Gasteiger partial charge is 0.372 e. The smallest absolute Gasteiger partial charge is 0.299 e. The van der Waals surface area contributed by atoms with Gasteiger partial charge in [0.15, 0.2) is 0 Å². The first-order chi connectivity index (χ1) is 8.97. The van der Waals surface area contributed by atoms with Crippen molar-refractivity contribution >= 4 is 23.1 Å². The van der Waals surface area contributed by atoms with Crippen LogP contribution in [0.15, 0.2) is 18.2 Å². The van der Waals surface area contributed by atoms with E-state index in [2.05, 4.69) is 18.7 Å². The predicted octanol–water partition coefficient (Wildman–Crippen LogP) is 2.47. The number of nitrogens with zero attached hydrogens (tertiary/aromatic N) is 2. The Hall–Kier alpha value is -1.84. The van der Waals surface area contributed by atoms with E-state index in [-0.39, 0.29) is 0 Å². The van der Waals surface area contributed by atoms with Gasteiger partial charge in [-0.15, -0.1) is 0 Å². The Balaban J connectivity index is 2.33. The minimum Gasteiger partial charge on any atom is -0.372 e. The minimum atomic E-state index is -0.448. The van der Waals surface area contributed by atoms with Crippen LogP contribution in [0.4, 0.5) is 11.4 Å². The van der Waals surface area contributed by atoms with E-state index in [1.165, 1.54) is 4.90 Å². The lowest BCUT2D eigenvalue weighted by Gasteiger charge is -2.27. The van der Waals surface area contributed by atoms with Crippen LogP contribution < -0.4 is 9.80 Å². The Bertz CT molecular complexity index is 525. The highest BCUT2D eigenvalue weighted by Gasteiger charge is 2.33. The second-order valence-corrected chi connectivity index (χ2v) is 5.14. The fourth-order valence-electron chi connectivity index (χ4n) is 2.45. The summed E-state index contributed by atoms with van der Waals surface area (Å²) in [5.74, 6) is -0.857. The molecule has 1 amide bonds. The summed E-state index contributed by atoms with van der Waals surface area (Å²) in [5, 5.41) is 0. The topological polar surface area (TPSA) is 40.6 Å². The van der Waals surface area contributed by atoms with E-state index in [0.717, 1.165) is 18.5 Å². The average Bonchev–Trinajstić information content (AvgIpc) is 2.63. The quantitative estimate of drug-likeness (QED) is 0.781. The lowest BCUT2D eigenvalue weighted by atomic mass is 10.1. The van der Waals surface area contributed by atoms with Gasteiger partial charge < -0.3 is 9.80 Å². The van der Waals surface area contributed by atoms with E-state index >= 15 is 0 Å². The number of benzene rings is 1. The monoisotopic (exact) mass is 260 g/mol. The molecule has 0 radical (unpaired) electrons. The highest BCUT2D eigenvalue weighted by atomic mass is 16.2. The fourth-order valence-corrected chi connectivity index (χ4v) is 2.45. The van der Waals surface area contributed by atoms with Crippen molar-refractivity contribution in [1.82, 2.24) is 0 Å². The molecular weight excluding hydrogens is 240 g/mol. The van der Waals surface area contributed by atoms with E-state index in [0.29, 0.717) is 17.3 Å². The zero-order valence-electron chi connectivity index (χ0n) is 11.9. The van der Waals surface area contributed by atoms with Crippen LogP contribution >= 0.6 is 0 Å². The van der Waals surface area contributed by atoms with Gasteiger partial charge in [0.25, 0.3) is 11.7 Å². The van der Waals surface area contributed by atoms with Gasteiger partial charge in [0.2, 0.25) is 0 Å². The van der Waals surface area contributed by atoms with Gasteiger partial charge >= 0.3 is 0 Å². The maximum Gasteiger partial charge on any atom is 0.299 e. The summed E-state index contributed by atoms with van der Waals surface area (Å²) < 4.78 is 0. The number of fused-ring (bicyclic) bond motifs is 1. The molecule has 1 heterocycles. The van der Waals surface area contributed by atoms with Crippen molar-refractivity contribution < 1.29 is 9.59 Å². The lowest BCUT2D eigenvalue weighted by Crippen LogP contribution is -2.28. The van der Waals surface area contributed by atoms with Crippen molar-refractivity contribution in [2.24, 2.45) is 0 Å². The van der Waals surface area contributed by atoms with Crippen molar-refractivity contribution in [2.75, 3.05) is 23.9 Å². The third-order valence-electron chi connectivity index (χ3n) is 3.86. The Morgan fingerprint density at radius 1 is 1.32 bits per heavy atom. The molecule has 0 saturated heterocycles. The van der Waals surface area contributed by atoms with E-state index in [4.69, 9.17) is 0 Å². The van der Waals surface area contributed by atoms with Crippen molar-refractivity contribution in [3.63, 3.8) is 0 Å². The molecule has 0 aromatic heterocycles. The van der Waals surface area contributed by atoms with E-state index in [1.54, 1.807) is 13.1 Å². The molecule has 0 spiro atoms. The number of carbonyl (C=O) groups is 2. The molecule has 0 N–H and O–H groups in total. The summed E-state index contributed by atoms with van der Waals surface area (Å²) >= 11 is 0. The molecule has 4 nitrogen and oxygen atoms in total. The summed E-state index contributed by atoms with van der Waals surface area (Å²) in [6, 6.07) is 6.02. The third-order valence-corrected chi connectivity index (χ3v) is 3.86. The maximum atomic E-state index is 11.7. The maximum absolute atomic E-state index is 11.7. The van der Waals surface area contributed by atoms with Crippen LogP contribution in [0.25, 0.3) is 0 Å². The molecule has 1 unspecified atom stereocenters. The summed E-state index contributed by atoms with van der Waals surface area (Å²) in [7, 11) is 3.69. The van der Waals surface area contributed by atoms with Gasteiger partial charge in [0.05, 0.1) is 11.3 Å². The van der Waals surface area contributed by atoms with Crippen molar-refractivity contribution in [2.45, 2.75) is 32.7 Å². The van der Waals surface area contributed by atoms with Crippen molar-refractivity contribution in [1.29, 1.82) is 0 Å². The van der Waals surface area contributed by atoms with Gasteiger partial charge in [0.1, 0.15) is 0 Å². The van der Waals surface area contributed by atoms with E-state index in [1.807, 2.05) is 19.2 Å². The summed E-state index contributed by atoms with van der Waals surface area (Å²) in [6.07, 6.45) is 2.24. The molecule has 0 saturated carbocycles. The van der Waals surface area contributed by atoms with E-state index in [9.17, 15) is 9.59 Å². The van der Waals surface area contributed by atoms with Crippen LogP contribution in [0.1, 0.15) is 37.0 Å². The molecule has 1 aliphatic heterocycles. The zero-order chi connectivity index (χ0) is 14.2. The van der Waals surface area contributed by atoms with Crippen LogP contribution in [0.3, 0.4) is 0 Å². The molecule has 19 heavy (non-hydrogen) atoms. The van der Waals surface area contributed by atoms with Gasteiger partial charge in [-0.2, -0.15) is 0 Å². The number of likely N-dealkylation sites (N-methyl/N-ethyl adjacent to an activating group) is 1. The number of hydrogen-bond acceptors (Lipinski definition) is 3. The average molecular weight is 260 g/mol. The van der Waals surface area contributed by atoms with E-state index < -0.39 is 11.7 Å². The first-order valence-electron chi connectivity index (χ1n) is 6.66. The first-order valence-corrected chi connectivity index (χ1v) is 6.66. The Morgan fingerprint density at radius 3 is 2.63 bits per heavy atom. The Morgan fingerprint density at radius 2 is 2.00 bits per heavy atom. The van der Waals surface area contributed by atoms with Crippen LogP contribution in [-0.2, 0) is 4.79 Å². The molecule has 1 aromatic carbocycles. The van der Waals surface area contributed by atoms with Crippen molar-refractivity contribution in [3.05, 3.63) is 23.8 Å². The second-order valence-electron chi connectivity index (χ2n) is 5.14. The summed E-state index contributed by atoms with van der Waals surface area (Å²) in [4.78, 5) is 27.0. The highest BCUT2D eigenvalue weighted by molar-refractivity contribution is 6.52. The van der Waals surface area contributed by atoms with Crippen LogP contribution in [0, 0.1) is 0 Å². The second kappa shape index (κ2) is 5.03. The Labute approximate surface area is 114 Å². The molecular formula is C15H20N2O2. The summed E-state index contributed by atoms with van der Waals surface area (Å²) in [6.45, 7) is 4.34. The van der Waals surface area contributed by atoms with Gasteiger partial charge in [-0.25, -0.2) is 0 Å². The van der Waals surface area contributed by atoms with Gasteiger partial charge in [-0.05, 0) is 31.5 Å². The number of carbonyl (C=O) groups excluding carboxylic acids is 2. The highest BCUT2D eigenvalue weighted by Crippen LogP contribution is 2.32. The molecule has 0 aliphatic carbocycles. The number of rotatable bonds is 4. The number of anilines is 2. The van der Waals surface area contributed by atoms with Gasteiger partial charge in [-0.1, -0.05) is 13.3 Å². The van der Waals surface area contributed by atoms with Crippen LogP contribution in [0.5, 0.6) is 0 Å². The van der Waals surface area contributed by atoms with Crippen LogP contribution in [0.2, 0.25) is 0 Å². The number of Topliss-reactive ketones (excluding diaryl/α,β-unsaturated/α-hetero) is 1. The SMILES string of the molecule is CCCC(C)N(C)c1ccc2c(c1)N(C)C(=O)C2=O. The first kappa shape index (κ1) is 13.6. The third kappa shape index (κ3) is 2.23. The normalized spacial score (nSPS) is 15.7. The predicted molar refractivity (Wildman–Crippen MR) is 77.0 cm³/mol. The summed E-state index contributed by atoms with van der Waals surface area (Å²) in [5.41, 5.74) is 2.25. The van der Waals surface area contributed by atoms with Gasteiger partial charge in [0, 0.05) is 25.8 Å². The molecule has 4 heteroatoms. The van der Waals surface area contributed by atoms with Crippen LogP contribution in [-0.4, -0.2) is 31.8 Å².